The molecule has 2 rings (SSSR count). The van der Waals surface area contributed by atoms with Crippen LogP contribution < -0.4 is 4.74 Å². The van der Waals surface area contributed by atoms with Crippen LogP contribution in [0, 0.1) is 5.82 Å². The number of ether oxygens (including phenoxy) is 1. The molecule has 18 heavy (non-hydrogen) atoms. The molecule has 0 unspecified atom stereocenters. The number of aliphatic hydroxyl groups excluding tert-OH is 1. The average molecular weight is 311 g/mol. The quantitative estimate of drug-likeness (QED) is 0.934. The zero-order valence-corrected chi connectivity index (χ0v) is 11.2. The van der Waals surface area contributed by atoms with Gasteiger partial charge in [0.1, 0.15) is 18.2 Å². The van der Waals surface area contributed by atoms with Gasteiger partial charge in [-0.15, -0.1) is 0 Å². The second kappa shape index (κ2) is 5.98. The molecule has 1 N–H and O–H groups in total. The van der Waals surface area contributed by atoms with Crippen LogP contribution in [0.4, 0.5) is 4.39 Å². The summed E-state index contributed by atoms with van der Waals surface area (Å²) in [6, 6.07) is 11.6. The molecule has 0 fully saturated rings. The van der Waals surface area contributed by atoms with Crippen molar-refractivity contribution in [1.29, 1.82) is 0 Å². The zero-order chi connectivity index (χ0) is 13.0. The van der Waals surface area contributed by atoms with Crippen molar-refractivity contribution in [1.82, 2.24) is 0 Å². The van der Waals surface area contributed by atoms with Crippen LogP contribution >= 0.6 is 15.9 Å². The Labute approximate surface area is 113 Å². The van der Waals surface area contributed by atoms with E-state index in [1.165, 1.54) is 12.1 Å². The van der Waals surface area contributed by atoms with Gasteiger partial charge in [-0.1, -0.05) is 18.2 Å². The number of halogens is 2. The van der Waals surface area contributed by atoms with Crippen molar-refractivity contribution < 1.29 is 14.2 Å². The summed E-state index contributed by atoms with van der Waals surface area (Å²) in [5, 5.41) is 8.99. The van der Waals surface area contributed by atoms with E-state index in [1.54, 1.807) is 30.3 Å². The highest BCUT2D eigenvalue weighted by molar-refractivity contribution is 9.10. The van der Waals surface area contributed by atoms with Crippen LogP contribution in [0.25, 0.3) is 0 Å². The van der Waals surface area contributed by atoms with Gasteiger partial charge >= 0.3 is 0 Å². The third-order valence-corrected chi connectivity index (χ3v) is 3.11. The number of hydrogen-bond acceptors (Lipinski definition) is 2. The van der Waals surface area contributed by atoms with Crippen LogP contribution in [0.1, 0.15) is 11.1 Å². The molecule has 4 heteroatoms. The summed E-state index contributed by atoms with van der Waals surface area (Å²) in [6.07, 6.45) is 0. The summed E-state index contributed by atoms with van der Waals surface area (Å²) >= 11 is 3.38. The molecular weight excluding hydrogens is 299 g/mol. The van der Waals surface area contributed by atoms with Gasteiger partial charge in [-0.3, -0.25) is 0 Å². The van der Waals surface area contributed by atoms with E-state index in [0.717, 1.165) is 15.6 Å². The molecule has 2 aromatic rings. The van der Waals surface area contributed by atoms with E-state index in [0.29, 0.717) is 12.4 Å². The molecule has 0 amide bonds. The maximum absolute atomic E-state index is 12.7. The maximum Gasteiger partial charge on any atom is 0.134 e. The largest absolute Gasteiger partial charge is 0.488 e. The van der Waals surface area contributed by atoms with E-state index in [-0.39, 0.29) is 12.4 Å². The normalized spacial score (nSPS) is 10.4. The first-order valence-electron chi connectivity index (χ1n) is 5.45. The molecule has 0 spiro atoms. The molecule has 0 aliphatic heterocycles. The Kier molecular flexibility index (Phi) is 4.33. The fraction of sp³-hybridized carbons (Fsp3) is 0.143. The minimum Gasteiger partial charge on any atom is -0.488 e. The first-order chi connectivity index (χ1) is 8.69. The molecular formula is C14H12BrFO2. The van der Waals surface area contributed by atoms with E-state index < -0.39 is 0 Å². The van der Waals surface area contributed by atoms with Gasteiger partial charge in [0.2, 0.25) is 0 Å². The van der Waals surface area contributed by atoms with Gasteiger partial charge in [-0.05, 0) is 51.3 Å². The summed E-state index contributed by atoms with van der Waals surface area (Å²) < 4.78 is 19.1. The van der Waals surface area contributed by atoms with Crippen molar-refractivity contribution in [3.63, 3.8) is 0 Å². The molecule has 0 saturated heterocycles. The molecule has 2 nitrogen and oxygen atoms in total. The average Bonchev–Trinajstić information content (AvgIpc) is 2.39. The van der Waals surface area contributed by atoms with E-state index in [2.05, 4.69) is 15.9 Å². The van der Waals surface area contributed by atoms with Gasteiger partial charge in [-0.25, -0.2) is 4.39 Å². The summed E-state index contributed by atoms with van der Waals surface area (Å²) in [4.78, 5) is 0. The first-order valence-corrected chi connectivity index (χ1v) is 6.25. The fourth-order valence-corrected chi connectivity index (χ4v) is 2.04. The van der Waals surface area contributed by atoms with Crippen LogP contribution in [0.3, 0.4) is 0 Å². The predicted octanol–water partition coefficient (Wildman–Crippen LogP) is 3.66. The van der Waals surface area contributed by atoms with Crippen LogP contribution in [-0.2, 0) is 13.2 Å². The Morgan fingerprint density at radius 1 is 1.06 bits per heavy atom. The summed E-state index contributed by atoms with van der Waals surface area (Å²) in [6.45, 7) is 0.369. The van der Waals surface area contributed by atoms with Gasteiger partial charge in [-0.2, -0.15) is 0 Å². The smallest absolute Gasteiger partial charge is 0.134 e. The molecule has 94 valence electrons. The highest BCUT2D eigenvalue weighted by Crippen LogP contribution is 2.26. The Morgan fingerprint density at radius 2 is 1.72 bits per heavy atom. The van der Waals surface area contributed by atoms with E-state index in [9.17, 15) is 4.39 Å². The Bertz CT molecular complexity index is 526. The Hall–Kier alpha value is -1.39. The number of benzene rings is 2. The van der Waals surface area contributed by atoms with Crippen molar-refractivity contribution in [2.75, 3.05) is 0 Å². The van der Waals surface area contributed by atoms with Gasteiger partial charge in [0.05, 0.1) is 11.1 Å². The molecule has 0 heterocycles. The summed E-state index contributed by atoms with van der Waals surface area (Å²) in [7, 11) is 0. The lowest BCUT2D eigenvalue weighted by Crippen LogP contribution is -1.96. The summed E-state index contributed by atoms with van der Waals surface area (Å²) in [5.74, 6) is 0.434. The van der Waals surface area contributed by atoms with Crippen molar-refractivity contribution >= 4 is 15.9 Å². The molecule has 0 bridgehead atoms. The minimum atomic E-state index is -0.257. The predicted molar refractivity (Wildman–Crippen MR) is 70.8 cm³/mol. The number of rotatable bonds is 4. The van der Waals surface area contributed by atoms with E-state index in [1.807, 2.05) is 0 Å². The standard InChI is InChI=1S/C14H12BrFO2/c15-13-7-11(8-17)3-6-14(13)18-9-10-1-4-12(16)5-2-10/h1-7,17H,8-9H2. The van der Waals surface area contributed by atoms with Gasteiger partial charge < -0.3 is 9.84 Å². The van der Waals surface area contributed by atoms with Gasteiger partial charge in [0.15, 0.2) is 0 Å². The van der Waals surface area contributed by atoms with Crippen molar-refractivity contribution in [2.45, 2.75) is 13.2 Å². The minimum absolute atomic E-state index is 0.00313. The molecule has 0 aliphatic rings. The lowest BCUT2D eigenvalue weighted by Gasteiger charge is -2.09. The second-order valence-electron chi connectivity index (χ2n) is 3.84. The molecule has 0 aromatic heterocycles. The van der Waals surface area contributed by atoms with Crippen molar-refractivity contribution in [2.24, 2.45) is 0 Å². The van der Waals surface area contributed by atoms with Gasteiger partial charge in [0.25, 0.3) is 0 Å². The fourth-order valence-electron chi connectivity index (χ4n) is 1.50. The highest BCUT2D eigenvalue weighted by atomic mass is 79.9. The molecule has 0 aliphatic carbocycles. The van der Waals surface area contributed by atoms with Crippen LogP contribution in [0.15, 0.2) is 46.9 Å². The van der Waals surface area contributed by atoms with E-state index in [4.69, 9.17) is 9.84 Å². The molecule has 2 aromatic carbocycles. The van der Waals surface area contributed by atoms with E-state index >= 15 is 0 Å². The molecule has 0 radical (unpaired) electrons. The lowest BCUT2D eigenvalue weighted by atomic mass is 10.2. The van der Waals surface area contributed by atoms with Gasteiger partial charge in [0, 0.05) is 0 Å². The Balaban J connectivity index is 2.04. The Morgan fingerprint density at radius 3 is 2.33 bits per heavy atom. The third-order valence-electron chi connectivity index (χ3n) is 2.49. The topological polar surface area (TPSA) is 29.5 Å². The van der Waals surface area contributed by atoms with Crippen LogP contribution in [0.2, 0.25) is 0 Å². The van der Waals surface area contributed by atoms with Crippen molar-refractivity contribution in [3.05, 3.63) is 63.9 Å². The first kappa shape index (κ1) is 13.1. The zero-order valence-electron chi connectivity index (χ0n) is 9.57. The monoisotopic (exact) mass is 310 g/mol. The second-order valence-corrected chi connectivity index (χ2v) is 4.69. The SMILES string of the molecule is OCc1ccc(OCc2ccc(F)cc2)c(Br)c1. The lowest BCUT2D eigenvalue weighted by molar-refractivity contribution is 0.280. The van der Waals surface area contributed by atoms with Crippen LogP contribution in [0.5, 0.6) is 5.75 Å². The highest BCUT2D eigenvalue weighted by Gasteiger charge is 2.03. The molecule has 0 atom stereocenters. The van der Waals surface area contributed by atoms with Crippen LogP contribution in [-0.4, -0.2) is 5.11 Å². The number of aliphatic hydroxyl groups is 1. The summed E-state index contributed by atoms with van der Waals surface area (Å²) in [5.41, 5.74) is 1.71. The van der Waals surface area contributed by atoms with Crippen molar-refractivity contribution in [3.8, 4) is 5.75 Å². The number of hydrogen-bond donors (Lipinski definition) is 1. The maximum atomic E-state index is 12.7. The molecule has 0 saturated carbocycles. The third kappa shape index (κ3) is 3.31.